The van der Waals surface area contributed by atoms with Crippen molar-refractivity contribution in [3.8, 4) is 10.6 Å². The van der Waals surface area contributed by atoms with E-state index in [-0.39, 0.29) is 10.7 Å². The highest BCUT2D eigenvalue weighted by Crippen LogP contribution is 2.26. The lowest BCUT2D eigenvalue weighted by Crippen LogP contribution is -2.13. The molecule has 0 unspecified atom stereocenters. The average Bonchev–Trinajstić information content (AvgIpc) is 3.22. The normalized spacial score (nSPS) is 10.6. The minimum atomic E-state index is -1.00. The largest absolute Gasteiger partial charge is 0.477 e. The van der Waals surface area contributed by atoms with E-state index in [0.717, 1.165) is 16.9 Å². The van der Waals surface area contributed by atoms with Gasteiger partial charge < -0.3 is 15.4 Å². The molecule has 2 aromatic heterocycles. The number of carbonyl (C=O) groups is 2. The highest BCUT2D eigenvalue weighted by molar-refractivity contribution is 7.16. The first-order chi connectivity index (χ1) is 12.0. The number of carboxylic acid groups (broad SMARTS) is 1. The number of carboxylic acids is 1. The van der Waals surface area contributed by atoms with Crippen LogP contribution in [0.3, 0.4) is 0 Å². The number of aromatic amines is 1. The van der Waals surface area contributed by atoms with Crippen molar-refractivity contribution in [2.45, 2.75) is 13.3 Å². The van der Waals surface area contributed by atoms with Crippen LogP contribution in [0.15, 0.2) is 30.5 Å². The SMILES string of the molecule is CCc1[nH]c(C(=O)Nc2ccc(-c3ncc(C(=O)O)s3)cc2)nc1Cl. The molecule has 0 aliphatic heterocycles. The molecule has 0 atom stereocenters. The first kappa shape index (κ1) is 17.1. The predicted molar refractivity (Wildman–Crippen MR) is 95.4 cm³/mol. The van der Waals surface area contributed by atoms with Crippen molar-refractivity contribution < 1.29 is 14.7 Å². The molecule has 1 amide bonds. The summed E-state index contributed by atoms with van der Waals surface area (Å²) in [5.74, 6) is -1.25. The fourth-order valence-corrected chi connectivity index (χ4v) is 3.15. The molecule has 3 N–H and O–H groups in total. The van der Waals surface area contributed by atoms with Crippen LogP contribution < -0.4 is 5.32 Å². The number of imidazole rings is 1. The van der Waals surface area contributed by atoms with Crippen LogP contribution in [0.4, 0.5) is 5.69 Å². The van der Waals surface area contributed by atoms with Gasteiger partial charge in [-0.3, -0.25) is 4.79 Å². The molecule has 0 aliphatic rings. The highest BCUT2D eigenvalue weighted by Gasteiger charge is 2.14. The van der Waals surface area contributed by atoms with E-state index in [1.807, 2.05) is 6.92 Å². The summed E-state index contributed by atoms with van der Waals surface area (Å²) in [4.78, 5) is 34.2. The summed E-state index contributed by atoms with van der Waals surface area (Å²) >= 11 is 7.02. The van der Waals surface area contributed by atoms with Gasteiger partial charge in [-0.05, 0) is 30.7 Å². The van der Waals surface area contributed by atoms with Crippen LogP contribution in [0.5, 0.6) is 0 Å². The number of thiazole rings is 1. The Kier molecular flexibility index (Phi) is 4.82. The number of carbonyl (C=O) groups excluding carboxylic acids is 1. The average molecular weight is 377 g/mol. The Morgan fingerprint density at radius 3 is 2.60 bits per heavy atom. The number of aryl methyl sites for hydroxylation is 1. The highest BCUT2D eigenvalue weighted by atomic mass is 35.5. The van der Waals surface area contributed by atoms with Gasteiger partial charge in [0, 0.05) is 11.3 Å². The van der Waals surface area contributed by atoms with Crippen molar-refractivity contribution in [1.29, 1.82) is 0 Å². The molecule has 7 nitrogen and oxygen atoms in total. The number of rotatable bonds is 5. The van der Waals surface area contributed by atoms with Crippen LogP contribution in [0.25, 0.3) is 10.6 Å². The third-order valence-electron chi connectivity index (χ3n) is 3.40. The van der Waals surface area contributed by atoms with Crippen molar-refractivity contribution in [3.63, 3.8) is 0 Å². The maximum Gasteiger partial charge on any atom is 0.347 e. The summed E-state index contributed by atoms with van der Waals surface area (Å²) in [6.45, 7) is 1.91. The van der Waals surface area contributed by atoms with Gasteiger partial charge in [-0.15, -0.1) is 11.3 Å². The molecule has 0 saturated carbocycles. The molecule has 0 spiro atoms. The number of H-pyrrole nitrogens is 1. The van der Waals surface area contributed by atoms with Gasteiger partial charge in [-0.1, -0.05) is 18.5 Å². The van der Waals surface area contributed by atoms with Gasteiger partial charge in [0.15, 0.2) is 11.0 Å². The molecule has 0 bridgehead atoms. The van der Waals surface area contributed by atoms with Crippen molar-refractivity contribution in [2.24, 2.45) is 0 Å². The molecule has 128 valence electrons. The maximum atomic E-state index is 12.2. The van der Waals surface area contributed by atoms with Crippen LogP contribution in [0.1, 0.15) is 32.9 Å². The molecule has 0 fully saturated rings. The van der Waals surface area contributed by atoms with Gasteiger partial charge in [0.1, 0.15) is 9.88 Å². The lowest BCUT2D eigenvalue weighted by atomic mass is 10.2. The summed E-state index contributed by atoms with van der Waals surface area (Å²) in [5.41, 5.74) is 2.05. The van der Waals surface area contributed by atoms with Crippen LogP contribution in [-0.4, -0.2) is 31.9 Å². The quantitative estimate of drug-likeness (QED) is 0.629. The third-order valence-corrected chi connectivity index (χ3v) is 4.75. The Morgan fingerprint density at radius 2 is 2.04 bits per heavy atom. The molecule has 0 radical (unpaired) electrons. The lowest BCUT2D eigenvalue weighted by Gasteiger charge is -2.04. The zero-order valence-electron chi connectivity index (χ0n) is 13.0. The minimum absolute atomic E-state index is 0.150. The van der Waals surface area contributed by atoms with Gasteiger partial charge in [0.2, 0.25) is 0 Å². The van der Waals surface area contributed by atoms with Crippen molar-refractivity contribution in [2.75, 3.05) is 5.32 Å². The van der Waals surface area contributed by atoms with Gasteiger partial charge in [-0.25, -0.2) is 14.8 Å². The van der Waals surface area contributed by atoms with E-state index in [2.05, 4.69) is 20.3 Å². The summed E-state index contributed by atoms with van der Waals surface area (Å²) in [5, 5.41) is 12.6. The van der Waals surface area contributed by atoms with Gasteiger partial charge in [-0.2, -0.15) is 0 Å². The summed E-state index contributed by atoms with van der Waals surface area (Å²) in [6, 6.07) is 6.93. The molecule has 0 saturated heterocycles. The zero-order valence-corrected chi connectivity index (χ0v) is 14.6. The molecular formula is C16H13ClN4O3S. The number of benzene rings is 1. The van der Waals surface area contributed by atoms with E-state index >= 15 is 0 Å². The molecule has 3 aromatic rings. The van der Waals surface area contributed by atoms with Gasteiger partial charge in [0.05, 0.1) is 11.9 Å². The summed E-state index contributed by atoms with van der Waals surface area (Å²) in [7, 11) is 0. The molecule has 3 rings (SSSR count). The van der Waals surface area contributed by atoms with Crippen molar-refractivity contribution in [3.05, 3.63) is 52.0 Å². The number of halogens is 1. The Morgan fingerprint density at radius 1 is 1.32 bits per heavy atom. The standard InChI is InChI=1S/C16H13ClN4O3S/c1-2-10-12(17)21-13(20-10)14(22)19-9-5-3-8(4-6-9)15-18-7-11(25-15)16(23)24/h3-7H,2H2,1H3,(H,19,22)(H,20,21)(H,23,24). The van der Waals surface area contributed by atoms with E-state index in [1.165, 1.54) is 6.20 Å². The summed E-state index contributed by atoms with van der Waals surface area (Å²) in [6.07, 6.45) is 1.98. The summed E-state index contributed by atoms with van der Waals surface area (Å²) < 4.78 is 0. The Balaban J connectivity index is 1.73. The van der Waals surface area contributed by atoms with E-state index in [1.54, 1.807) is 24.3 Å². The Bertz CT molecular complexity index is 933. The van der Waals surface area contributed by atoms with Crippen LogP contribution in [0.2, 0.25) is 5.15 Å². The Labute approximate surface area is 151 Å². The zero-order chi connectivity index (χ0) is 18.0. The van der Waals surface area contributed by atoms with E-state index in [9.17, 15) is 9.59 Å². The predicted octanol–water partition coefficient (Wildman–Crippen LogP) is 3.70. The number of nitrogens with one attached hydrogen (secondary N) is 2. The Hall–Kier alpha value is -2.71. The fourth-order valence-electron chi connectivity index (χ4n) is 2.12. The molecule has 2 heterocycles. The van der Waals surface area contributed by atoms with Crippen LogP contribution in [0, 0.1) is 0 Å². The number of hydrogen-bond donors (Lipinski definition) is 3. The van der Waals surface area contributed by atoms with E-state index in [4.69, 9.17) is 16.7 Å². The lowest BCUT2D eigenvalue weighted by molar-refractivity contribution is 0.0701. The van der Waals surface area contributed by atoms with Crippen LogP contribution in [-0.2, 0) is 6.42 Å². The number of hydrogen-bond acceptors (Lipinski definition) is 5. The van der Waals surface area contributed by atoms with Crippen molar-refractivity contribution in [1.82, 2.24) is 15.0 Å². The molecular weight excluding hydrogens is 364 g/mol. The van der Waals surface area contributed by atoms with E-state index in [0.29, 0.717) is 28.0 Å². The monoisotopic (exact) mass is 376 g/mol. The van der Waals surface area contributed by atoms with Gasteiger partial charge >= 0.3 is 5.97 Å². The first-order valence-corrected chi connectivity index (χ1v) is 8.52. The third kappa shape index (κ3) is 3.70. The number of nitrogens with zero attached hydrogens (tertiary/aromatic N) is 2. The number of aromatic carboxylic acids is 1. The fraction of sp³-hybridized carbons (Fsp3) is 0.125. The second-order valence-corrected chi connectivity index (χ2v) is 6.46. The molecule has 25 heavy (non-hydrogen) atoms. The first-order valence-electron chi connectivity index (χ1n) is 7.33. The second kappa shape index (κ2) is 7.04. The number of amides is 1. The van der Waals surface area contributed by atoms with Gasteiger partial charge in [0.25, 0.3) is 5.91 Å². The molecule has 0 aliphatic carbocycles. The van der Waals surface area contributed by atoms with Crippen LogP contribution >= 0.6 is 22.9 Å². The molecule has 9 heteroatoms. The number of aromatic nitrogens is 3. The number of anilines is 1. The van der Waals surface area contributed by atoms with Crippen molar-refractivity contribution >= 4 is 40.5 Å². The van der Waals surface area contributed by atoms with E-state index < -0.39 is 11.9 Å². The minimum Gasteiger partial charge on any atom is -0.477 e. The topological polar surface area (TPSA) is 108 Å². The smallest absolute Gasteiger partial charge is 0.347 e. The maximum absolute atomic E-state index is 12.2. The molecule has 1 aromatic carbocycles. The second-order valence-electron chi connectivity index (χ2n) is 5.07.